The predicted molar refractivity (Wildman–Crippen MR) is 213 cm³/mol. The van der Waals surface area contributed by atoms with Crippen molar-refractivity contribution in [1.82, 2.24) is 34.8 Å². The zero-order valence-corrected chi connectivity index (χ0v) is 34.7. The highest BCUT2D eigenvalue weighted by Gasteiger charge is 2.51. The van der Waals surface area contributed by atoms with E-state index in [2.05, 4.69) is 20.9 Å². The molecule has 1 aliphatic carbocycles. The molecule has 320 valence electrons. The Morgan fingerprint density at radius 1 is 0.983 bits per heavy atom. The van der Waals surface area contributed by atoms with Gasteiger partial charge in [-0.2, -0.15) is 14.9 Å². The lowest BCUT2D eigenvalue weighted by Crippen LogP contribution is -2.64. The number of sulfonamides is 1. The number of ketones is 1. The fourth-order valence-electron chi connectivity index (χ4n) is 8.75. The number of primary amides is 1. The van der Waals surface area contributed by atoms with Crippen molar-refractivity contribution in [1.29, 1.82) is 0 Å². The van der Waals surface area contributed by atoms with E-state index in [0.717, 1.165) is 51.4 Å². The van der Waals surface area contributed by atoms with Crippen molar-refractivity contribution in [3.63, 3.8) is 0 Å². The summed E-state index contributed by atoms with van der Waals surface area (Å²) in [6.07, 6.45) is 8.21. The van der Waals surface area contributed by atoms with Crippen LogP contribution < -0.4 is 16.4 Å². The number of benzene rings is 1. The van der Waals surface area contributed by atoms with E-state index in [1.54, 1.807) is 13.8 Å². The molecule has 0 unspecified atom stereocenters. The predicted octanol–water partition coefficient (Wildman–Crippen LogP) is 2.04. The number of carbonyl (C=O) groups is 5. The number of aliphatic hydroxyl groups is 1. The van der Waals surface area contributed by atoms with Gasteiger partial charge >= 0.3 is 0 Å². The van der Waals surface area contributed by atoms with Crippen molar-refractivity contribution in [2.45, 2.75) is 125 Å². The van der Waals surface area contributed by atoms with Crippen LogP contribution in [0.3, 0.4) is 0 Å². The molecule has 1 aromatic heterocycles. The largest absolute Gasteiger partial charge is 0.384 e. The second kappa shape index (κ2) is 17.3. The van der Waals surface area contributed by atoms with Gasteiger partial charge in [0.25, 0.3) is 11.8 Å². The first-order chi connectivity index (χ1) is 27.3. The summed E-state index contributed by atoms with van der Waals surface area (Å²) in [5, 5.41) is 24.7. The highest BCUT2D eigenvalue weighted by atomic mass is 32.3. The maximum atomic E-state index is 14.9. The van der Waals surface area contributed by atoms with E-state index in [1.807, 2.05) is 0 Å². The molecule has 1 aromatic carbocycles. The molecule has 3 atom stereocenters. The summed E-state index contributed by atoms with van der Waals surface area (Å²) in [7, 11) is -6.81. The molecule has 4 amide bonds. The van der Waals surface area contributed by atoms with Crippen molar-refractivity contribution in [2.75, 3.05) is 31.1 Å². The summed E-state index contributed by atoms with van der Waals surface area (Å²) in [5.41, 5.74) is 2.64. The minimum absolute atomic E-state index is 0.0446. The first kappa shape index (κ1) is 43.6. The van der Waals surface area contributed by atoms with Gasteiger partial charge in [0.1, 0.15) is 23.2 Å². The first-order valence-corrected chi connectivity index (χ1v) is 23.4. The molecule has 1 saturated carbocycles. The van der Waals surface area contributed by atoms with Crippen molar-refractivity contribution < 1.29 is 46.6 Å². The molecule has 0 radical (unpaired) electrons. The van der Waals surface area contributed by atoms with E-state index in [1.165, 1.54) is 44.3 Å². The van der Waals surface area contributed by atoms with Gasteiger partial charge < -0.3 is 26.4 Å². The van der Waals surface area contributed by atoms with Gasteiger partial charge in [-0.05, 0) is 76.1 Å². The number of rotatable bonds is 13. The van der Waals surface area contributed by atoms with E-state index in [-0.39, 0.29) is 60.1 Å². The van der Waals surface area contributed by atoms with Crippen molar-refractivity contribution in [3.05, 3.63) is 41.7 Å². The number of nitrogens with zero attached hydrogens (tertiary/aromatic N) is 5. The topological polar surface area (TPSA) is 267 Å². The lowest BCUT2D eigenvalue weighted by Gasteiger charge is -2.45. The lowest BCUT2D eigenvalue weighted by atomic mass is 9.84. The van der Waals surface area contributed by atoms with Crippen molar-refractivity contribution in [3.8, 4) is 0 Å². The Balaban J connectivity index is 1.30. The standard InChI is InChI=1S/C38H56N8O10S2/c1-37(2,52)31-23-40-43-46(31)27-22-30(35(50)42-38(32(47)33(39)48)15-19-57(53,54)20-16-38)45(24-27)36(51)29(21-25-9-5-3-6-10-25)41-34(49)26-11-13-28(14-12-26)58(55,56)44-17-7-4-8-18-44/h11-14,23,25,27,29-30,52-54H,3-10,15-22,24H2,1-2H3,(H2,39,48)(H,41,49)(H,42,50)/t27-,29+,30-/m0/s1. The monoisotopic (exact) mass is 848 g/mol. The second-order valence-electron chi connectivity index (χ2n) is 16.7. The van der Waals surface area contributed by atoms with Crippen LogP contribution in [0.15, 0.2) is 35.4 Å². The van der Waals surface area contributed by atoms with Gasteiger partial charge in [0, 0.05) is 43.1 Å². The Bertz CT molecular complexity index is 1960. The molecule has 4 aliphatic rings. The van der Waals surface area contributed by atoms with Crippen LogP contribution in [0.5, 0.6) is 0 Å². The summed E-state index contributed by atoms with van der Waals surface area (Å²) in [5.74, 6) is -4.80. The third-order valence-corrected chi connectivity index (χ3v) is 15.7. The van der Waals surface area contributed by atoms with Crippen molar-refractivity contribution in [2.24, 2.45) is 11.7 Å². The highest BCUT2D eigenvalue weighted by molar-refractivity contribution is 8.24. The number of hydrogen-bond donors (Lipinski definition) is 6. The Labute approximate surface area is 340 Å². The number of piperidine rings is 1. The fraction of sp³-hybridized carbons (Fsp3) is 0.658. The Morgan fingerprint density at radius 3 is 2.21 bits per heavy atom. The van der Waals surface area contributed by atoms with Crippen LogP contribution in [0.25, 0.3) is 0 Å². The second-order valence-corrected chi connectivity index (χ2v) is 21.1. The Kier molecular flexibility index (Phi) is 13.0. The van der Waals surface area contributed by atoms with Crippen LogP contribution in [-0.4, -0.2) is 125 Å². The number of nitrogens with two attached hydrogens (primary N) is 1. The molecule has 0 bridgehead atoms. The molecule has 0 spiro atoms. The highest BCUT2D eigenvalue weighted by Crippen LogP contribution is 2.47. The van der Waals surface area contributed by atoms with Gasteiger partial charge in [0.2, 0.25) is 27.6 Å². The quantitative estimate of drug-likeness (QED) is 0.158. The average Bonchev–Trinajstić information content (AvgIpc) is 3.88. The molecule has 4 fully saturated rings. The minimum Gasteiger partial charge on any atom is -0.384 e. The fourth-order valence-corrected chi connectivity index (χ4v) is 11.8. The van der Waals surface area contributed by atoms with Crippen molar-refractivity contribution >= 4 is 50.0 Å². The molecular weight excluding hydrogens is 793 g/mol. The molecule has 3 saturated heterocycles. The van der Waals surface area contributed by atoms with E-state index >= 15 is 0 Å². The van der Waals surface area contributed by atoms with Gasteiger partial charge in [-0.15, -0.1) is 5.10 Å². The van der Waals surface area contributed by atoms with Crippen LogP contribution in [0.1, 0.15) is 113 Å². The van der Waals surface area contributed by atoms with Crippen LogP contribution in [-0.2, 0) is 34.8 Å². The normalized spacial score (nSPS) is 24.1. The molecule has 20 heteroatoms. The third kappa shape index (κ3) is 9.57. The number of Topliss-reactive ketones (excluding diaryl/α,β-unsaturated/α-hetero) is 1. The minimum atomic E-state index is -3.75. The third-order valence-electron chi connectivity index (χ3n) is 12.1. The van der Waals surface area contributed by atoms with E-state index < -0.39 is 79.3 Å². The van der Waals surface area contributed by atoms with Gasteiger partial charge in [-0.25, -0.2) is 13.1 Å². The van der Waals surface area contributed by atoms with E-state index in [9.17, 15) is 46.6 Å². The molecule has 6 rings (SSSR count). The molecule has 58 heavy (non-hydrogen) atoms. The molecule has 2 aromatic rings. The molecule has 7 N–H and O–H groups in total. The molecular formula is C38H56N8O10S2. The van der Waals surface area contributed by atoms with Gasteiger partial charge in [-0.3, -0.25) is 33.1 Å². The van der Waals surface area contributed by atoms with Gasteiger partial charge in [0.15, 0.2) is 0 Å². The number of hydrogen-bond acceptors (Lipinski definition) is 12. The summed E-state index contributed by atoms with van der Waals surface area (Å²) >= 11 is 0. The SMILES string of the molecule is CC(C)(O)c1cnnn1[C@H]1C[C@@H](C(=O)NC2(C(=O)C(N)=O)CCS(O)(O)CC2)N(C(=O)[C@@H](CC2CCCCC2)NC(=O)c2ccc(S(=O)(=O)N3CCCCC3)cc2)C1. The maximum Gasteiger partial charge on any atom is 0.287 e. The van der Waals surface area contributed by atoms with Gasteiger partial charge in [-0.1, -0.05) is 43.7 Å². The first-order valence-electron chi connectivity index (χ1n) is 20.1. The smallest absolute Gasteiger partial charge is 0.287 e. The number of aromatic nitrogens is 3. The lowest BCUT2D eigenvalue weighted by molar-refractivity contribution is -0.145. The zero-order valence-electron chi connectivity index (χ0n) is 33.0. The Morgan fingerprint density at radius 2 is 1.60 bits per heavy atom. The van der Waals surface area contributed by atoms with Crippen LogP contribution >= 0.6 is 10.6 Å². The van der Waals surface area contributed by atoms with E-state index in [0.29, 0.717) is 18.8 Å². The Hall–Kier alpha value is -3.95. The number of carbonyl (C=O) groups excluding carboxylic acids is 5. The maximum absolute atomic E-state index is 14.9. The number of nitrogens with one attached hydrogen (secondary N) is 2. The molecule has 4 heterocycles. The van der Waals surface area contributed by atoms with E-state index in [4.69, 9.17) is 5.73 Å². The summed E-state index contributed by atoms with van der Waals surface area (Å²) in [6.45, 7) is 3.85. The average molecular weight is 849 g/mol. The van der Waals surface area contributed by atoms with Crippen LogP contribution in [0, 0.1) is 5.92 Å². The molecule has 18 nitrogen and oxygen atoms in total. The van der Waals surface area contributed by atoms with Crippen LogP contribution in [0.4, 0.5) is 0 Å². The number of amides is 4. The van der Waals surface area contributed by atoms with Crippen LogP contribution in [0.2, 0.25) is 0 Å². The summed E-state index contributed by atoms with van der Waals surface area (Å²) in [6, 6.07) is 2.52. The van der Waals surface area contributed by atoms with Gasteiger partial charge in [0.05, 0.1) is 22.8 Å². The number of likely N-dealkylation sites (tertiary alicyclic amines) is 1. The summed E-state index contributed by atoms with van der Waals surface area (Å²) in [4.78, 5) is 70.2. The molecule has 3 aliphatic heterocycles. The summed E-state index contributed by atoms with van der Waals surface area (Å²) < 4.78 is 50.1. The zero-order chi connectivity index (χ0) is 42.0.